The molecule has 2 nitrogen and oxygen atoms in total. The van der Waals surface area contributed by atoms with E-state index in [0.717, 1.165) is 16.8 Å². The predicted octanol–water partition coefficient (Wildman–Crippen LogP) is 4.75. The van der Waals surface area contributed by atoms with Gasteiger partial charge >= 0.3 is 0 Å². The van der Waals surface area contributed by atoms with Gasteiger partial charge in [-0.1, -0.05) is 41.9 Å². The maximum atomic E-state index is 6.27. The van der Waals surface area contributed by atoms with Gasteiger partial charge in [-0.2, -0.15) is 0 Å². The summed E-state index contributed by atoms with van der Waals surface area (Å²) in [6.45, 7) is 6.83. The van der Waals surface area contributed by atoms with Crippen LogP contribution in [0.5, 0.6) is 0 Å². The van der Waals surface area contributed by atoms with Gasteiger partial charge in [-0.15, -0.1) is 0 Å². The third-order valence-electron chi connectivity index (χ3n) is 3.37. The Morgan fingerprint density at radius 1 is 1.10 bits per heavy atom. The van der Waals surface area contributed by atoms with Crippen LogP contribution in [0.2, 0.25) is 5.02 Å². The second-order valence-electron chi connectivity index (χ2n) is 5.17. The summed E-state index contributed by atoms with van der Waals surface area (Å²) >= 11 is 11.6. The summed E-state index contributed by atoms with van der Waals surface area (Å²) in [5, 5.41) is 7.67. The molecule has 2 aromatic carbocycles. The summed E-state index contributed by atoms with van der Waals surface area (Å²) in [5.41, 5.74) is 5.57. The summed E-state index contributed by atoms with van der Waals surface area (Å²) in [6, 6.07) is 12.3. The number of anilines is 1. The molecule has 0 fully saturated rings. The molecule has 21 heavy (non-hydrogen) atoms. The van der Waals surface area contributed by atoms with Gasteiger partial charge in [0.25, 0.3) is 0 Å². The molecular weight excluding hydrogens is 300 g/mol. The zero-order valence-electron chi connectivity index (χ0n) is 12.5. The van der Waals surface area contributed by atoms with Gasteiger partial charge in [0.15, 0.2) is 5.11 Å². The van der Waals surface area contributed by atoms with E-state index in [0.29, 0.717) is 16.7 Å². The first kappa shape index (κ1) is 15.8. The van der Waals surface area contributed by atoms with Gasteiger partial charge in [0.05, 0.1) is 10.7 Å². The number of nitrogens with one attached hydrogen (secondary N) is 2. The molecular formula is C17H19ClN2S. The molecule has 0 unspecified atom stereocenters. The quantitative estimate of drug-likeness (QED) is 0.798. The Balaban J connectivity index is 2.01. The monoisotopic (exact) mass is 318 g/mol. The minimum Gasteiger partial charge on any atom is -0.358 e. The van der Waals surface area contributed by atoms with Gasteiger partial charge in [0, 0.05) is 6.54 Å². The molecule has 2 aromatic rings. The Bertz CT molecular complexity index is 645. The third-order valence-corrected chi connectivity index (χ3v) is 3.92. The van der Waals surface area contributed by atoms with Crippen LogP contribution in [0, 0.1) is 20.8 Å². The summed E-state index contributed by atoms with van der Waals surface area (Å²) in [4.78, 5) is 0. The molecule has 0 saturated heterocycles. The smallest absolute Gasteiger partial charge is 0.171 e. The highest BCUT2D eigenvalue weighted by atomic mass is 35.5. The Morgan fingerprint density at radius 2 is 1.81 bits per heavy atom. The third kappa shape index (κ3) is 4.19. The molecule has 0 aromatic heterocycles. The van der Waals surface area contributed by atoms with Crippen molar-refractivity contribution in [3.05, 3.63) is 63.7 Å². The van der Waals surface area contributed by atoms with Gasteiger partial charge in [0.2, 0.25) is 0 Å². The topological polar surface area (TPSA) is 24.1 Å². The van der Waals surface area contributed by atoms with Crippen LogP contribution >= 0.6 is 23.8 Å². The molecule has 0 aliphatic carbocycles. The van der Waals surface area contributed by atoms with Crippen LogP contribution in [0.4, 0.5) is 5.69 Å². The van der Waals surface area contributed by atoms with Crippen molar-refractivity contribution in [3.8, 4) is 0 Å². The molecule has 2 rings (SSSR count). The van der Waals surface area contributed by atoms with E-state index in [-0.39, 0.29) is 0 Å². The Kier molecular flexibility index (Phi) is 5.21. The van der Waals surface area contributed by atoms with Gasteiger partial charge in [-0.25, -0.2) is 0 Å². The second kappa shape index (κ2) is 6.92. The number of benzene rings is 2. The van der Waals surface area contributed by atoms with Crippen LogP contribution in [0.25, 0.3) is 0 Å². The van der Waals surface area contributed by atoms with E-state index in [1.165, 1.54) is 11.1 Å². The number of hydrogen-bond acceptors (Lipinski definition) is 1. The summed E-state index contributed by atoms with van der Waals surface area (Å²) in [5.74, 6) is 0. The normalized spacial score (nSPS) is 10.3. The average Bonchev–Trinajstić information content (AvgIpc) is 2.42. The van der Waals surface area contributed by atoms with E-state index in [9.17, 15) is 0 Å². The van der Waals surface area contributed by atoms with Crippen molar-refractivity contribution in [2.75, 3.05) is 5.32 Å². The fourth-order valence-corrected chi connectivity index (χ4v) is 2.76. The van der Waals surface area contributed by atoms with Gasteiger partial charge < -0.3 is 10.6 Å². The fourth-order valence-electron chi connectivity index (χ4n) is 2.22. The van der Waals surface area contributed by atoms with Crippen molar-refractivity contribution in [1.29, 1.82) is 0 Å². The lowest BCUT2D eigenvalue weighted by Crippen LogP contribution is -2.28. The average molecular weight is 319 g/mol. The first-order valence-electron chi connectivity index (χ1n) is 6.83. The Labute approximate surface area is 136 Å². The molecule has 2 N–H and O–H groups in total. The number of hydrogen-bond donors (Lipinski definition) is 2. The minimum absolute atomic E-state index is 0.576. The first-order valence-corrected chi connectivity index (χ1v) is 7.62. The van der Waals surface area contributed by atoms with Crippen LogP contribution in [-0.4, -0.2) is 5.11 Å². The minimum atomic E-state index is 0.576. The van der Waals surface area contributed by atoms with Crippen LogP contribution < -0.4 is 10.6 Å². The molecule has 0 amide bonds. The van der Waals surface area contributed by atoms with Gasteiger partial charge in [-0.05, 0) is 61.3 Å². The second-order valence-corrected chi connectivity index (χ2v) is 5.99. The number of aryl methyl sites for hydroxylation is 3. The lowest BCUT2D eigenvalue weighted by Gasteiger charge is -2.15. The van der Waals surface area contributed by atoms with Crippen molar-refractivity contribution in [2.45, 2.75) is 27.3 Å². The van der Waals surface area contributed by atoms with E-state index in [1.807, 2.05) is 32.0 Å². The van der Waals surface area contributed by atoms with Crippen LogP contribution in [0.1, 0.15) is 22.3 Å². The molecule has 0 heterocycles. The maximum absolute atomic E-state index is 6.27. The zero-order valence-corrected chi connectivity index (χ0v) is 14.0. The summed E-state index contributed by atoms with van der Waals surface area (Å²) < 4.78 is 0. The highest BCUT2D eigenvalue weighted by Crippen LogP contribution is 2.27. The lowest BCUT2D eigenvalue weighted by atomic mass is 10.1. The lowest BCUT2D eigenvalue weighted by molar-refractivity contribution is 0.915. The van der Waals surface area contributed by atoms with Gasteiger partial charge in [0.1, 0.15) is 0 Å². The molecule has 0 spiro atoms. The number of thiocarbonyl (C=S) groups is 1. The first-order chi connectivity index (χ1) is 9.97. The van der Waals surface area contributed by atoms with Crippen molar-refractivity contribution >= 4 is 34.6 Å². The zero-order chi connectivity index (χ0) is 15.4. The number of halogens is 1. The standard InChI is InChI=1S/C17H19ClN2S/c1-11-8-13(3)16(15(18)9-11)20-17(21)19-10-14-7-5-4-6-12(14)2/h4-9H,10H2,1-3H3,(H2,19,20,21). The predicted molar refractivity (Wildman–Crippen MR) is 95.2 cm³/mol. The molecule has 0 aliphatic rings. The van der Waals surface area contributed by atoms with E-state index in [4.69, 9.17) is 23.8 Å². The van der Waals surface area contributed by atoms with Gasteiger partial charge in [-0.3, -0.25) is 0 Å². The van der Waals surface area contributed by atoms with E-state index in [1.54, 1.807) is 0 Å². The van der Waals surface area contributed by atoms with E-state index >= 15 is 0 Å². The fraction of sp³-hybridized carbons (Fsp3) is 0.235. The van der Waals surface area contributed by atoms with E-state index < -0.39 is 0 Å². The Hall–Kier alpha value is -1.58. The highest BCUT2D eigenvalue weighted by molar-refractivity contribution is 7.80. The molecule has 0 bridgehead atoms. The number of rotatable bonds is 3. The van der Waals surface area contributed by atoms with Crippen molar-refractivity contribution in [3.63, 3.8) is 0 Å². The van der Waals surface area contributed by atoms with Crippen molar-refractivity contribution < 1.29 is 0 Å². The van der Waals surface area contributed by atoms with Crippen molar-refractivity contribution in [1.82, 2.24) is 5.32 Å². The van der Waals surface area contributed by atoms with Crippen LogP contribution in [0.15, 0.2) is 36.4 Å². The van der Waals surface area contributed by atoms with Crippen LogP contribution in [-0.2, 0) is 6.54 Å². The largest absolute Gasteiger partial charge is 0.358 e. The summed E-state index contributed by atoms with van der Waals surface area (Å²) in [7, 11) is 0. The maximum Gasteiger partial charge on any atom is 0.171 e. The van der Waals surface area contributed by atoms with Crippen LogP contribution in [0.3, 0.4) is 0 Å². The summed E-state index contributed by atoms with van der Waals surface area (Å²) in [6.07, 6.45) is 0. The molecule has 0 radical (unpaired) electrons. The molecule has 4 heteroatoms. The molecule has 110 valence electrons. The highest BCUT2D eigenvalue weighted by Gasteiger charge is 2.07. The Morgan fingerprint density at radius 3 is 2.48 bits per heavy atom. The molecule has 0 atom stereocenters. The molecule has 0 aliphatic heterocycles. The van der Waals surface area contributed by atoms with E-state index in [2.05, 4.69) is 35.8 Å². The SMILES string of the molecule is Cc1cc(C)c(NC(=S)NCc2ccccc2C)c(Cl)c1. The van der Waals surface area contributed by atoms with Crippen molar-refractivity contribution in [2.24, 2.45) is 0 Å². The molecule has 0 saturated carbocycles.